The van der Waals surface area contributed by atoms with Crippen molar-refractivity contribution in [2.75, 3.05) is 16.8 Å². The second-order valence-corrected chi connectivity index (χ2v) is 7.96. The zero-order valence-electron chi connectivity index (χ0n) is 13.7. The van der Waals surface area contributed by atoms with Crippen molar-refractivity contribution in [2.45, 2.75) is 38.8 Å². The van der Waals surface area contributed by atoms with E-state index in [0.29, 0.717) is 18.8 Å². The number of rotatable bonds is 4. The molecule has 1 aromatic carbocycles. The first-order valence-corrected chi connectivity index (χ1v) is 9.34. The number of aromatic nitrogens is 1. The van der Waals surface area contributed by atoms with Gasteiger partial charge in [-0.3, -0.25) is 4.79 Å². The molecule has 4 nitrogen and oxygen atoms in total. The number of hydrogen-bond acceptors (Lipinski definition) is 3. The molecule has 1 aliphatic heterocycles. The molecule has 2 heterocycles. The number of carbonyl (C=O) groups is 1. The third kappa shape index (κ3) is 3.56. The summed E-state index contributed by atoms with van der Waals surface area (Å²) in [6, 6.07) is 8.00. The molecule has 1 fully saturated rings. The van der Waals surface area contributed by atoms with Crippen LogP contribution in [0.1, 0.15) is 26.7 Å². The Morgan fingerprint density at radius 3 is 2.78 bits per heavy atom. The van der Waals surface area contributed by atoms with E-state index in [1.165, 1.54) is 5.52 Å². The molecule has 1 aliphatic rings. The summed E-state index contributed by atoms with van der Waals surface area (Å²) in [5.41, 5.74) is 0.699. The summed E-state index contributed by atoms with van der Waals surface area (Å²) < 4.78 is 2.23. The molecule has 0 aliphatic carbocycles. The molecule has 0 saturated carbocycles. The Bertz CT molecular complexity index is 702. The van der Waals surface area contributed by atoms with E-state index in [9.17, 15) is 9.90 Å². The molecule has 1 amide bonds. The van der Waals surface area contributed by atoms with Crippen LogP contribution < -0.4 is 5.32 Å². The van der Waals surface area contributed by atoms with Gasteiger partial charge in [0.25, 0.3) is 5.91 Å². The zero-order chi connectivity index (χ0) is 16.4. The second kappa shape index (κ2) is 6.57. The number of aliphatic hydroxyl groups is 1. The van der Waals surface area contributed by atoms with Gasteiger partial charge in [-0.2, -0.15) is 11.8 Å². The van der Waals surface area contributed by atoms with Crippen LogP contribution in [-0.2, 0) is 11.3 Å². The topological polar surface area (TPSA) is 54.3 Å². The highest BCUT2D eigenvalue weighted by atomic mass is 32.2. The lowest BCUT2D eigenvalue weighted by Crippen LogP contribution is -2.45. The summed E-state index contributed by atoms with van der Waals surface area (Å²) in [6.45, 7) is 5.37. The predicted octanol–water partition coefficient (Wildman–Crippen LogP) is 3.49. The quantitative estimate of drug-likeness (QED) is 0.901. The largest absolute Gasteiger partial charge is 0.380 e. The number of benzene rings is 1. The van der Waals surface area contributed by atoms with Crippen molar-refractivity contribution in [3.63, 3.8) is 0 Å². The van der Waals surface area contributed by atoms with Crippen molar-refractivity contribution in [1.82, 2.24) is 4.57 Å². The Hall–Kier alpha value is -1.46. The first-order valence-electron chi connectivity index (χ1n) is 8.18. The number of nitrogens with zero attached hydrogens (tertiary/aromatic N) is 1. The fourth-order valence-corrected chi connectivity index (χ4v) is 4.18. The van der Waals surface area contributed by atoms with Crippen LogP contribution in [0.25, 0.3) is 10.9 Å². The highest BCUT2D eigenvalue weighted by Crippen LogP contribution is 2.29. The van der Waals surface area contributed by atoms with Gasteiger partial charge in [0.2, 0.25) is 0 Å². The molecule has 23 heavy (non-hydrogen) atoms. The molecule has 3 rings (SSSR count). The summed E-state index contributed by atoms with van der Waals surface area (Å²) in [5.74, 6) is 1.98. The Balaban J connectivity index is 1.77. The molecule has 0 unspecified atom stereocenters. The average molecular weight is 332 g/mol. The van der Waals surface area contributed by atoms with Crippen molar-refractivity contribution in [3.05, 3.63) is 30.5 Å². The monoisotopic (exact) mass is 332 g/mol. The van der Waals surface area contributed by atoms with E-state index in [2.05, 4.69) is 36.0 Å². The highest BCUT2D eigenvalue weighted by molar-refractivity contribution is 7.99. The highest BCUT2D eigenvalue weighted by Gasteiger charge is 2.37. The van der Waals surface area contributed by atoms with Gasteiger partial charge in [-0.1, -0.05) is 13.8 Å². The van der Waals surface area contributed by atoms with Crippen LogP contribution in [0.5, 0.6) is 0 Å². The number of thioether (sulfide) groups is 1. The smallest absolute Gasteiger partial charge is 0.256 e. The molecule has 124 valence electrons. The van der Waals surface area contributed by atoms with Crippen LogP contribution in [-0.4, -0.2) is 32.7 Å². The van der Waals surface area contributed by atoms with Gasteiger partial charge in [0, 0.05) is 29.3 Å². The Morgan fingerprint density at radius 1 is 1.35 bits per heavy atom. The molecule has 2 aromatic rings. The van der Waals surface area contributed by atoms with E-state index in [-0.39, 0.29) is 5.91 Å². The fraction of sp³-hybridized carbons (Fsp3) is 0.500. The maximum Gasteiger partial charge on any atom is 0.256 e. The van der Waals surface area contributed by atoms with E-state index in [0.717, 1.165) is 29.1 Å². The number of anilines is 1. The minimum atomic E-state index is -1.22. The first-order chi connectivity index (χ1) is 11.0. The van der Waals surface area contributed by atoms with Crippen molar-refractivity contribution in [3.8, 4) is 0 Å². The molecule has 0 atom stereocenters. The first kappa shape index (κ1) is 16.4. The van der Waals surface area contributed by atoms with Gasteiger partial charge in [-0.25, -0.2) is 0 Å². The summed E-state index contributed by atoms with van der Waals surface area (Å²) in [7, 11) is 0. The van der Waals surface area contributed by atoms with Gasteiger partial charge in [-0.05, 0) is 54.5 Å². The Morgan fingerprint density at radius 2 is 2.09 bits per heavy atom. The van der Waals surface area contributed by atoms with Crippen molar-refractivity contribution >= 4 is 34.3 Å². The van der Waals surface area contributed by atoms with Gasteiger partial charge in [-0.15, -0.1) is 0 Å². The minimum absolute atomic E-state index is 0.279. The predicted molar refractivity (Wildman–Crippen MR) is 96.9 cm³/mol. The minimum Gasteiger partial charge on any atom is -0.380 e. The molecular weight excluding hydrogens is 308 g/mol. The SMILES string of the molecule is CC(C)Cn1ccc2cc(NC(=O)C3(O)CCSCC3)ccc21. The van der Waals surface area contributed by atoms with E-state index < -0.39 is 5.60 Å². The molecule has 0 radical (unpaired) electrons. The molecule has 0 spiro atoms. The maximum atomic E-state index is 12.4. The summed E-state index contributed by atoms with van der Waals surface area (Å²) in [5, 5.41) is 14.5. The summed E-state index contributed by atoms with van der Waals surface area (Å²) in [4.78, 5) is 12.4. The molecule has 1 saturated heterocycles. The van der Waals surface area contributed by atoms with Gasteiger partial charge in [0.1, 0.15) is 5.60 Å². The molecule has 2 N–H and O–H groups in total. The third-order valence-corrected chi connectivity index (χ3v) is 5.32. The van der Waals surface area contributed by atoms with Crippen LogP contribution in [0.2, 0.25) is 0 Å². The number of nitrogens with one attached hydrogen (secondary N) is 1. The second-order valence-electron chi connectivity index (χ2n) is 6.73. The van der Waals surface area contributed by atoms with Crippen molar-refractivity contribution in [1.29, 1.82) is 0 Å². The van der Waals surface area contributed by atoms with Gasteiger partial charge >= 0.3 is 0 Å². The van der Waals surface area contributed by atoms with Gasteiger partial charge in [0.05, 0.1) is 0 Å². The van der Waals surface area contributed by atoms with Crippen molar-refractivity contribution < 1.29 is 9.90 Å². The van der Waals surface area contributed by atoms with Crippen LogP contribution in [0.4, 0.5) is 5.69 Å². The number of fused-ring (bicyclic) bond motifs is 1. The van der Waals surface area contributed by atoms with E-state index >= 15 is 0 Å². The number of amides is 1. The third-order valence-electron chi connectivity index (χ3n) is 4.33. The van der Waals surface area contributed by atoms with Crippen LogP contribution in [0.3, 0.4) is 0 Å². The average Bonchev–Trinajstić information content (AvgIpc) is 2.89. The number of carbonyl (C=O) groups excluding carboxylic acids is 1. The van der Waals surface area contributed by atoms with E-state index in [4.69, 9.17) is 0 Å². The van der Waals surface area contributed by atoms with Crippen LogP contribution >= 0.6 is 11.8 Å². The van der Waals surface area contributed by atoms with E-state index in [1.807, 2.05) is 18.2 Å². The van der Waals surface area contributed by atoms with Gasteiger partial charge in [0.15, 0.2) is 0 Å². The standard InChI is InChI=1S/C18H24N2O2S/c1-13(2)12-20-8-5-14-11-15(3-4-16(14)20)19-17(21)18(22)6-9-23-10-7-18/h3-5,8,11,13,22H,6-7,9-10,12H2,1-2H3,(H,19,21). The number of hydrogen-bond donors (Lipinski definition) is 2. The van der Waals surface area contributed by atoms with Crippen LogP contribution in [0.15, 0.2) is 30.5 Å². The molecule has 1 aromatic heterocycles. The Labute approximate surface area is 141 Å². The molecular formula is C18H24N2O2S. The van der Waals surface area contributed by atoms with Gasteiger partial charge < -0.3 is 15.0 Å². The zero-order valence-corrected chi connectivity index (χ0v) is 14.5. The van der Waals surface area contributed by atoms with E-state index in [1.54, 1.807) is 11.8 Å². The normalized spacial score (nSPS) is 17.6. The lowest BCUT2D eigenvalue weighted by molar-refractivity contribution is -0.134. The lowest BCUT2D eigenvalue weighted by atomic mass is 9.95. The van der Waals surface area contributed by atoms with Crippen LogP contribution in [0, 0.1) is 5.92 Å². The molecule has 5 heteroatoms. The lowest BCUT2D eigenvalue weighted by Gasteiger charge is -2.30. The Kier molecular flexibility index (Phi) is 4.69. The summed E-state index contributed by atoms with van der Waals surface area (Å²) >= 11 is 1.79. The maximum absolute atomic E-state index is 12.4. The van der Waals surface area contributed by atoms with Crippen molar-refractivity contribution in [2.24, 2.45) is 5.92 Å². The summed E-state index contributed by atoms with van der Waals surface area (Å²) in [6.07, 6.45) is 3.13. The fourth-order valence-electron chi connectivity index (χ4n) is 3.01. The molecule has 0 bridgehead atoms.